The number of rotatable bonds is 5. The maximum absolute atomic E-state index is 10.8. The number of aromatic nitrogens is 1. The van der Waals surface area contributed by atoms with Crippen molar-refractivity contribution in [3.8, 4) is 5.75 Å². The Balaban J connectivity index is 1.73. The third kappa shape index (κ3) is 2.74. The van der Waals surface area contributed by atoms with E-state index in [1.165, 1.54) is 12.8 Å². The number of likely N-dealkylation sites (tertiary alicyclic amines) is 1. The highest BCUT2D eigenvalue weighted by Gasteiger charge is 2.43. The Labute approximate surface area is 114 Å². The van der Waals surface area contributed by atoms with Crippen LogP contribution in [0.3, 0.4) is 0 Å². The van der Waals surface area contributed by atoms with Gasteiger partial charge in [0.1, 0.15) is 11.4 Å². The Morgan fingerprint density at radius 2 is 2.32 bits per heavy atom. The molecule has 0 aromatic carbocycles. The Kier molecular flexibility index (Phi) is 3.46. The van der Waals surface area contributed by atoms with Crippen LogP contribution in [0, 0.1) is 0 Å². The van der Waals surface area contributed by atoms with E-state index >= 15 is 0 Å². The van der Waals surface area contributed by atoms with Crippen LogP contribution in [0.1, 0.15) is 38.2 Å². The molecule has 0 amide bonds. The van der Waals surface area contributed by atoms with Crippen molar-refractivity contribution in [2.75, 3.05) is 19.7 Å². The Morgan fingerprint density at radius 3 is 3.05 bits per heavy atom. The number of pyridine rings is 1. The molecule has 4 heteroatoms. The Bertz CT molecular complexity index is 448. The zero-order valence-electron chi connectivity index (χ0n) is 11.5. The summed E-state index contributed by atoms with van der Waals surface area (Å²) in [4.78, 5) is 6.61. The fraction of sp³-hybridized carbons (Fsp3) is 0.667. The average Bonchev–Trinajstić information content (AvgIpc) is 3.20. The fourth-order valence-electron chi connectivity index (χ4n) is 2.78. The van der Waals surface area contributed by atoms with Crippen LogP contribution < -0.4 is 4.74 Å². The molecule has 1 unspecified atom stereocenters. The number of nitrogens with zero attached hydrogens (tertiary/aromatic N) is 2. The molecule has 1 saturated heterocycles. The van der Waals surface area contributed by atoms with Crippen molar-refractivity contribution in [3.63, 3.8) is 0 Å². The fourth-order valence-corrected chi connectivity index (χ4v) is 2.78. The van der Waals surface area contributed by atoms with Gasteiger partial charge in [-0.3, -0.25) is 9.88 Å². The van der Waals surface area contributed by atoms with E-state index in [-0.39, 0.29) is 0 Å². The van der Waals surface area contributed by atoms with E-state index in [1.807, 2.05) is 6.07 Å². The molecular formula is C15H22N2O2. The van der Waals surface area contributed by atoms with Crippen molar-refractivity contribution in [2.45, 2.75) is 44.2 Å². The first kappa shape index (κ1) is 12.9. The minimum atomic E-state index is -0.749. The number of hydrogen-bond donors (Lipinski definition) is 1. The highest BCUT2D eigenvalue weighted by molar-refractivity contribution is 5.29. The van der Waals surface area contributed by atoms with Crippen molar-refractivity contribution in [3.05, 3.63) is 24.0 Å². The first-order valence-electron chi connectivity index (χ1n) is 7.26. The summed E-state index contributed by atoms with van der Waals surface area (Å²) in [6.45, 7) is 4.49. The molecular weight excluding hydrogens is 240 g/mol. The van der Waals surface area contributed by atoms with Gasteiger partial charge in [0, 0.05) is 30.9 Å². The van der Waals surface area contributed by atoms with Crippen molar-refractivity contribution in [1.82, 2.24) is 9.88 Å². The van der Waals surface area contributed by atoms with E-state index in [9.17, 15) is 5.11 Å². The van der Waals surface area contributed by atoms with E-state index < -0.39 is 5.60 Å². The van der Waals surface area contributed by atoms with Gasteiger partial charge in [0.15, 0.2) is 0 Å². The summed E-state index contributed by atoms with van der Waals surface area (Å²) in [5.74, 6) is 0.762. The summed E-state index contributed by atoms with van der Waals surface area (Å²) >= 11 is 0. The maximum Gasteiger partial charge on any atom is 0.137 e. The lowest BCUT2D eigenvalue weighted by atomic mass is 9.94. The Morgan fingerprint density at radius 1 is 1.47 bits per heavy atom. The molecule has 1 aromatic heterocycles. The lowest BCUT2D eigenvalue weighted by Gasteiger charge is -2.24. The van der Waals surface area contributed by atoms with Crippen LogP contribution in [0.4, 0.5) is 0 Å². The first-order chi connectivity index (χ1) is 9.21. The summed E-state index contributed by atoms with van der Waals surface area (Å²) in [7, 11) is 0. The molecule has 1 atom stereocenters. The summed E-state index contributed by atoms with van der Waals surface area (Å²) in [6.07, 6.45) is 7.83. The van der Waals surface area contributed by atoms with Gasteiger partial charge in [-0.1, -0.05) is 6.92 Å². The molecule has 19 heavy (non-hydrogen) atoms. The lowest BCUT2D eigenvalue weighted by Crippen LogP contribution is -2.32. The van der Waals surface area contributed by atoms with Gasteiger partial charge in [-0.2, -0.15) is 0 Å². The highest BCUT2D eigenvalue weighted by atomic mass is 16.5. The Hall–Kier alpha value is -1.13. The summed E-state index contributed by atoms with van der Waals surface area (Å²) < 4.78 is 5.60. The molecule has 1 aliphatic heterocycles. The van der Waals surface area contributed by atoms with Crippen LogP contribution >= 0.6 is 0 Å². The molecule has 0 spiro atoms. The number of aliphatic hydroxyl groups is 1. The SMILES string of the molecule is CCCOc1cncc(C2(O)CCN(C3CC3)C2)c1. The quantitative estimate of drug-likeness (QED) is 0.880. The third-order valence-electron chi connectivity index (χ3n) is 4.06. The second-order valence-electron chi connectivity index (χ2n) is 5.74. The molecule has 0 radical (unpaired) electrons. The molecule has 3 rings (SSSR count). The number of β-amino-alcohol motifs (C(OH)–C–C–N with tert-alkyl or cyclic N) is 1. The molecule has 1 aliphatic carbocycles. The van der Waals surface area contributed by atoms with Gasteiger partial charge in [0.2, 0.25) is 0 Å². The van der Waals surface area contributed by atoms with Gasteiger partial charge in [-0.15, -0.1) is 0 Å². The van der Waals surface area contributed by atoms with Crippen LogP contribution in [0.5, 0.6) is 5.75 Å². The molecule has 1 aromatic rings. The summed E-state index contributed by atoms with van der Waals surface area (Å²) in [5, 5.41) is 10.8. The molecule has 1 N–H and O–H groups in total. The lowest BCUT2D eigenvalue weighted by molar-refractivity contribution is 0.0446. The molecule has 2 aliphatic rings. The zero-order valence-corrected chi connectivity index (χ0v) is 11.5. The van der Waals surface area contributed by atoms with Gasteiger partial charge in [0.05, 0.1) is 12.8 Å². The molecule has 1 saturated carbocycles. The van der Waals surface area contributed by atoms with Gasteiger partial charge >= 0.3 is 0 Å². The van der Waals surface area contributed by atoms with Crippen LogP contribution in [-0.2, 0) is 5.60 Å². The van der Waals surface area contributed by atoms with E-state index in [0.717, 1.165) is 37.2 Å². The molecule has 4 nitrogen and oxygen atoms in total. The van der Waals surface area contributed by atoms with Crippen molar-refractivity contribution in [2.24, 2.45) is 0 Å². The van der Waals surface area contributed by atoms with Crippen LogP contribution in [-0.4, -0.2) is 40.7 Å². The normalized spacial score (nSPS) is 27.7. The summed E-state index contributed by atoms with van der Waals surface area (Å²) in [5.41, 5.74) is 0.144. The topological polar surface area (TPSA) is 45.6 Å². The molecule has 0 bridgehead atoms. The third-order valence-corrected chi connectivity index (χ3v) is 4.06. The van der Waals surface area contributed by atoms with Gasteiger partial charge in [-0.25, -0.2) is 0 Å². The van der Waals surface area contributed by atoms with Crippen LogP contribution in [0.15, 0.2) is 18.5 Å². The second kappa shape index (κ2) is 5.10. The number of hydrogen-bond acceptors (Lipinski definition) is 4. The minimum absolute atomic E-state index is 0.692. The summed E-state index contributed by atoms with van der Waals surface area (Å²) in [6, 6.07) is 2.65. The minimum Gasteiger partial charge on any atom is -0.492 e. The number of ether oxygens (including phenoxy) is 1. The van der Waals surface area contributed by atoms with Gasteiger partial charge in [0.25, 0.3) is 0 Å². The predicted molar refractivity (Wildman–Crippen MR) is 73.1 cm³/mol. The van der Waals surface area contributed by atoms with Gasteiger partial charge < -0.3 is 9.84 Å². The second-order valence-corrected chi connectivity index (χ2v) is 5.74. The van der Waals surface area contributed by atoms with E-state index in [4.69, 9.17) is 4.74 Å². The largest absolute Gasteiger partial charge is 0.492 e. The van der Waals surface area contributed by atoms with E-state index in [1.54, 1.807) is 12.4 Å². The van der Waals surface area contributed by atoms with Crippen LogP contribution in [0.25, 0.3) is 0 Å². The zero-order chi connectivity index (χ0) is 13.3. The predicted octanol–water partition coefficient (Wildman–Crippen LogP) is 1.93. The molecule has 2 heterocycles. The van der Waals surface area contributed by atoms with Crippen molar-refractivity contribution in [1.29, 1.82) is 0 Å². The average molecular weight is 262 g/mol. The first-order valence-corrected chi connectivity index (χ1v) is 7.26. The van der Waals surface area contributed by atoms with Gasteiger partial charge in [-0.05, 0) is 31.7 Å². The van der Waals surface area contributed by atoms with Crippen molar-refractivity contribution >= 4 is 0 Å². The molecule has 2 fully saturated rings. The van der Waals surface area contributed by atoms with Crippen molar-refractivity contribution < 1.29 is 9.84 Å². The molecule has 104 valence electrons. The standard InChI is InChI=1S/C15H22N2O2/c1-2-7-19-14-8-12(9-16-10-14)15(18)5-6-17(11-15)13-3-4-13/h8-10,13,18H,2-7,11H2,1H3. The monoisotopic (exact) mass is 262 g/mol. The van der Waals surface area contributed by atoms with E-state index in [0.29, 0.717) is 12.6 Å². The van der Waals surface area contributed by atoms with E-state index in [2.05, 4.69) is 16.8 Å². The smallest absolute Gasteiger partial charge is 0.137 e. The van der Waals surface area contributed by atoms with Crippen LogP contribution in [0.2, 0.25) is 0 Å². The maximum atomic E-state index is 10.8. The highest BCUT2D eigenvalue weighted by Crippen LogP contribution is 2.38.